The lowest BCUT2D eigenvalue weighted by Crippen LogP contribution is -2.34. The zero-order valence-electron chi connectivity index (χ0n) is 13.5. The van der Waals surface area contributed by atoms with Crippen LogP contribution in [0.5, 0.6) is 0 Å². The first-order chi connectivity index (χ1) is 9.91. The van der Waals surface area contributed by atoms with Crippen LogP contribution in [0.3, 0.4) is 0 Å². The maximum atomic E-state index is 12.0. The van der Waals surface area contributed by atoms with Crippen molar-refractivity contribution in [2.75, 3.05) is 19.7 Å². The van der Waals surface area contributed by atoms with Crippen LogP contribution in [-0.2, 0) is 23.0 Å². The van der Waals surface area contributed by atoms with Crippen molar-refractivity contribution in [2.45, 2.75) is 58.3 Å². The molecule has 1 aliphatic heterocycles. The highest BCUT2D eigenvalue weighted by Gasteiger charge is 2.37. The Morgan fingerprint density at radius 1 is 1.38 bits per heavy atom. The molecule has 0 radical (unpaired) electrons. The predicted octanol–water partition coefficient (Wildman–Crippen LogP) is 4.09. The van der Waals surface area contributed by atoms with E-state index >= 15 is 0 Å². The normalized spacial score (nSPS) is 21.1. The molecular formula is C17H25NO2S. The summed E-state index contributed by atoms with van der Waals surface area (Å²) in [6, 6.07) is 0. The smallest absolute Gasteiger partial charge is 0.409 e. The van der Waals surface area contributed by atoms with Crippen molar-refractivity contribution in [3.63, 3.8) is 0 Å². The van der Waals surface area contributed by atoms with E-state index in [1.807, 2.05) is 23.2 Å². The Morgan fingerprint density at radius 3 is 2.81 bits per heavy atom. The lowest BCUT2D eigenvalue weighted by atomic mass is 9.90. The van der Waals surface area contributed by atoms with Gasteiger partial charge in [0.2, 0.25) is 0 Å². The third-order valence-electron chi connectivity index (χ3n) is 4.53. The van der Waals surface area contributed by atoms with Gasteiger partial charge in [-0.2, -0.15) is 0 Å². The Kier molecular flexibility index (Phi) is 3.76. The lowest BCUT2D eigenvalue weighted by molar-refractivity contribution is 0.106. The van der Waals surface area contributed by atoms with Crippen molar-refractivity contribution in [1.82, 2.24) is 4.90 Å². The van der Waals surface area contributed by atoms with Gasteiger partial charge in [-0.3, -0.25) is 0 Å². The van der Waals surface area contributed by atoms with Gasteiger partial charge in [0.25, 0.3) is 0 Å². The van der Waals surface area contributed by atoms with E-state index in [9.17, 15) is 4.79 Å². The van der Waals surface area contributed by atoms with E-state index in [-0.39, 0.29) is 11.5 Å². The topological polar surface area (TPSA) is 29.5 Å². The lowest BCUT2D eigenvalue weighted by Gasteiger charge is -2.22. The van der Waals surface area contributed by atoms with Crippen LogP contribution in [-0.4, -0.2) is 30.7 Å². The molecule has 0 N–H and O–H groups in total. The molecule has 116 valence electrons. The van der Waals surface area contributed by atoms with E-state index in [0.29, 0.717) is 12.5 Å². The first-order valence-corrected chi connectivity index (χ1v) is 8.80. The van der Waals surface area contributed by atoms with Crippen LogP contribution in [0.4, 0.5) is 4.79 Å². The Morgan fingerprint density at radius 2 is 2.14 bits per heavy atom. The van der Waals surface area contributed by atoms with Gasteiger partial charge in [-0.05, 0) is 42.7 Å². The molecule has 1 aliphatic carbocycles. The van der Waals surface area contributed by atoms with Gasteiger partial charge in [-0.1, -0.05) is 20.8 Å². The number of rotatable bonds is 1. The molecule has 21 heavy (non-hydrogen) atoms. The fraction of sp³-hybridized carbons (Fsp3) is 0.706. The summed E-state index contributed by atoms with van der Waals surface area (Å²) in [5.74, 6) is 0.522. The molecule has 0 unspecified atom stereocenters. The van der Waals surface area contributed by atoms with E-state index in [2.05, 4.69) is 20.8 Å². The molecule has 1 aromatic rings. The summed E-state index contributed by atoms with van der Waals surface area (Å²) in [7, 11) is 0. The van der Waals surface area contributed by atoms with E-state index in [1.54, 1.807) is 16.0 Å². The van der Waals surface area contributed by atoms with Crippen molar-refractivity contribution < 1.29 is 9.53 Å². The number of ether oxygens (including phenoxy) is 1. The third kappa shape index (κ3) is 2.59. The second-order valence-corrected chi connectivity index (χ2v) is 8.23. The summed E-state index contributed by atoms with van der Waals surface area (Å²) < 4.78 is 5.19. The van der Waals surface area contributed by atoms with Crippen LogP contribution in [0.1, 0.15) is 60.9 Å². The van der Waals surface area contributed by atoms with Crippen LogP contribution in [0.2, 0.25) is 0 Å². The van der Waals surface area contributed by atoms with E-state index in [4.69, 9.17) is 4.74 Å². The van der Waals surface area contributed by atoms with Crippen LogP contribution >= 0.6 is 11.3 Å². The van der Waals surface area contributed by atoms with E-state index in [0.717, 1.165) is 19.5 Å². The Bertz CT molecular complexity index is 556. The van der Waals surface area contributed by atoms with Crippen molar-refractivity contribution in [1.29, 1.82) is 0 Å². The van der Waals surface area contributed by atoms with Crippen LogP contribution in [0.15, 0.2) is 0 Å². The average molecular weight is 307 g/mol. The second-order valence-electron chi connectivity index (χ2n) is 7.13. The highest BCUT2D eigenvalue weighted by molar-refractivity contribution is 7.12. The second kappa shape index (κ2) is 5.31. The molecule has 4 heteroatoms. The monoisotopic (exact) mass is 307 g/mol. The van der Waals surface area contributed by atoms with Gasteiger partial charge in [0, 0.05) is 28.8 Å². The molecule has 0 fully saturated rings. The number of hydrogen-bond acceptors (Lipinski definition) is 3. The van der Waals surface area contributed by atoms with Gasteiger partial charge < -0.3 is 9.64 Å². The van der Waals surface area contributed by atoms with Crippen LogP contribution in [0.25, 0.3) is 0 Å². The van der Waals surface area contributed by atoms with Gasteiger partial charge in [-0.25, -0.2) is 4.79 Å². The molecule has 1 atom stereocenters. The standard InChI is InChI=1S/C17H25NO2S/c1-5-20-16(19)18-9-8-13-14-11(10-18)6-7-12(14)15(21-13)17(2,3)4/h11H,5-10H2,1-4H3/t11-/m0/s1. The highest BCUT2D eigenvalue weighted by Crippen LogP contribution is 2.48. The maximum Gasteiger partial charge on any atom is 0.409 e. The van der Waals surface area contributed by atoms with E-state index in [1.165, 1.54) is 17.7 Å². The molecular weight excluding hydrogens is 282 g/mol. The number of amides is 1. The minimum atomic E-state index is -0.142. The number of thiophene rings is 1. The molecule has 0 aromatic carbocycles. The molecule has 0 saturated carbocycles. The van der Waals surface area contributed by atoms with Gasteiger partial charge in [0.15, 0.2) is 0 Å². The number of hydrogen-bond donors (Lipinski definition) is 0. The molecule has 0 spiro atoms. The van der Waals surface area contributed by atoms with Crippen LogP contribution in [0, 0.1) is 0 Å². The predicted molar refractivity (Wildman–Crippen MR) is 86.4 cm³/mol. The van der Waals surface area contributed by atoms with Crippen molar-refractivity contribution in [3.8, 4) is 0 Å². The van der Waals surface area contributed by atoms with Crippen molar-refractivity contribution >= 4 is 17.4 Å². The average Bonchev–Trinajstić information content (AvgIpc) is 2.89. The first kappa shape index (κ1) is 14.9. The zero-order valence-corrected chi connectivity index (χ0v) is 14.3. The highest BCUT2D eigenvalue weighted by atomic mass is 32.1. The number of carbonyl (C=O) groups is 1. The fourth-order valence-corrected chi connectivity index (χ4v) is 5.14. The quantitative estimate of drug-likeness (QED) is 0.782. The zero-order chi connectivity index (χ0) is 15.2. The van der Waals surface area contributed by atoms with Gasteiger partial charge in [0.05, 0.1) is 6.61 Å². The molecule has 0 saturated heterocycles. The number of nitrogens with zero attached hydrogens (tertiary/aromatic N) is 1. The number of carbonyl (C=O) groups excluding carboxylic acids is 1. The molecule has 3 rings (SSSR count). The van der Waals surface area contributed by atoms with Crippen LogP contribution < -0.4 is 0 Å². The minimum Gasteiger partial charge on any atom is -0.450 e. The maximum absolute atomic E-state index is 12.0. The van der Waals surface area contributed by atoms with E-state index < -0.39 is 0 Å². The minimum absolute atomic E-state index is 0.142. The summed E-state index contributed by atoms with van der Waals surface area (Å²) in [6.45, 7) is 10.9. The summed E-state index contributed by atoms with van der Waals surface area (Å²) in [5, 5.41) is 0. The largest absolute Gasteiger partial charge is 0.450 e. The molecule has 0 bridgehead atoms. The molecule has 1 aromatic heterocycles. The first-order valence-electron chi connectivity index (χ1n) is 7.98. The summed E-state index contributed by atoms with van der Waals surface area (Å²) in [5.41, 5.74) is 3.41. The molecule has 2 aliphatic rings. The van der Waals surface area contributed by atoms with Crippen molar-refractivity contribution in [3.05, 3.63) is 20.9 Å². The van der Waals surface area contributed by atoms with Gasteiger partial charge in [-0.15, -0.1) is 11.3 Å². The third-order valence-corrected chi connectivity index (χ3v) is 6.27. The Hall–Kier alpha value is -1.03. The Labute approximate surface area is 131 Å². The van der Waals surface area contributed by atoms with Gasteiger partial charge >= 0.3 is 6.09 Å². The fourth-order valence-electron chi connectivity index (χ4n) is 3.66. The SMILES string of the molecule is CCOC(=O)N1CCc2sc(C(C)(C)C)c3c2[C@@H](CC3)C1. The molecule has 3 nitrogen and oxygen atoms in total. The summed E-state index contributed by atoms with van der Waals surface area (Å²) >= 11 is 1.99. The van der Waals surface area contributed by atoms with Gasteiger partial charge in [0.1, 0.15) is 0 Å². The van der Waals surface area contributed by atoms with Crippen molar-refractivity contribution in [2.24, 2.45) is 0 Å². The summed E-state index contributed by atoms with van der Waals surface area (Å²) in [4.78, 5) is 17.0. The summed E-state index contributed by atoms with van der Waals surface area (Å²) in [6.07, 6.45) is 3.21. The Balaban J connectivity index is 1.89. The molecule has 1 amide bonds. The molecule has 2 heterocycles.